The lowest BCUT2D eigenvalue weighted by Crippen LogP contribution is -2.53. The standard InChI is InChI=1S/C33H36BrF3N2O3S/c1-24(40)38-23-31(25-5-3-2-4-6-25)19-21-39(22-20-31)29-15-17-32(18-16-29,26-7-11-28(34)12-8-26)43(41,42)30-13-9-27(10-14-30)33(35,36)37/h2-14,29H,15-23H2,1H3,(H,38,40). The molecule has 3 aromatic carbocycles. The summed E-state index contributed by atoms with van der Waals surface area (Å²) in [7, 11) is -4.02. The smallest absolute Gasteiger partial charge is 0.355 e. The molecule has 0 spiro atoms. The largest absolute Gasteiger partial charge is 0.416 e. The number of rotatable bonds is 7. The van der Waals surface area contributed by atoms with Crippen molar-refractivity contribution in [1.82, 2.24) is 10.2 Å². The Balaban J connectivity index is 1.37. The first-order chi connectivity index (χ1) is 20.4. The van der Waals surface area contributed by atoms with Crippen LogP contribution in [0.4, 0.5) is 13.2 Å². The zero-order valence-corrected chi connectivity index (χ0v) is 26.4. The summed E-state index contributed by atoms with van der Waals surface area (Å²) in [4.78, 5) is 14.1. The number of nitrogens with zero attached hydrogens (tertiary/aromatic N) is 1. The van der Waals surface area contributed by atoms with E-state index >= 15 is 0 Å². The van der Waals surface area contributed by atoms with Crippen LogP contribution in [0.25, 0.3) is 0 Å². The van der Waals surface area contributed by atoms with E-state index in [4.69, 9.17) is 0 Å². The van der Waals surface area contributed by atoms with Crippen LogP contribution in [0, 0.1) is 0 Å². The molecule has 2 aliphatic rings. The third kappa shape index (κ3) is 6.42. The second-order valence-corrected chi connectivity index (χ2v) is 15.0. The Labute approximate surface area is 259 Å². The Hall–Kier alpha value is -2.69. The Kier molecular flexibility index (Phi) is 9.12. The third-order valence-corrected chi connectivity index (χ3v) is 12.6. The summed E-state index contributed by atoms with van der Waals surface area (Å²) in [5.41, 5.74) is 0.837. The van der Waals surface area contributed by atoms with Crippen LogP contribution in [0.5, 0.6) is 0 Å². The molecule has 1 saturated carbocycles. The van der Waals surface area contributed by atoms with E-state index in [-0.39, 0.29) is 22.3 Å². The zero-order valence-electron chi connectivity index (χ0n) is 24.0. The summed E-state index contributed by atoms with van der Waals surface area (Å²) in [6, 6.07) is 21.6. The number of sulfone groups is 1. The first kappa shape index (κ1) is 31.7. The molecule has 3 aromatic rings. The van der Waals surface area contributed by atoms with Crippen LogP contribution in [-0.2, 0) is 31.0 Å². The lowest BCUT2D eigenvalue weighted by molar-refractivity contribution is -0.137. The van der Waals surface area contributed by atoms with Gasteiger partial charge in [0.2, 0.25) is 5.91 Å². The normalized spacial score (nSPS) is 23.0. The number of carbonyl (C=O) groups excluding carboxylic acids is 1. The molecule has 2 fully saturated rings. The highest BCUT2D eigenvalue weighted by molar-refractivity contribution is 9.10. The van der Waals surface area contributed by atoms with E-state index in [1.807, 2.05) is 42.5 Å². The van der Waals surface area contributed by atoms with Crippen LogP contribution >= 0.6 is 15.9 Å². The van der Waals surface area contributed by atoms with Crippen molar-refractivity contribution >= 4 is 31.7 Å². The van der Waals surface area contributed by atoms with E-state index in [2.05, 4.69) is 38.3 Å². The number of piperidine rings is 1. The van der Waals surface area contributed by atoms with Crippen molar-refractivity contribution in [2.45, 2.75) is 72.7 Å². The molecule has 1 aliphatic heterocycles. The Morgan fingerprint density at radius 2 is 1.47 bits per heavy atom. The highest BCUT2D eigenvalue weighted by Gasteiger charge is 2.50. The molecule has 230 valence electrons. The summed E-state index contributed by atoms with van der Waals surface area (Å²) in [6.45, 7) is 3.77. The number of benzene rings is 3. The van der Waals surface area contributed by atoms with E-state index < -0.39 is 26.3 Å². The number of amides is 1. The predicted octanol–water partition coefficient (Wildman–Crippen LogP) is 7.25. The zero-order chi connectivity index (χ0) is 30.9. The molecule has 1 saturated heterocycles. The molecule has 1 N–H and O–H groups in total. The van der Waals surface area contributed by atoms with Crippen LogP contribution in [0.3, 0.4) is 0 Å². The Bertz CT molecular complexity index is 1510. The fraction of sp³-hybridized carbons (Fsp3) is 0.424. The summed E-state index contributed by atoms with van der Waals surface area (Å²) in [6.07, 6.45) is -0.757. The molecule has 10 heteroatoms. The van der Waals surface area contributed by atoms with E-state index in [1.165, 1.54) is 12.5 Å². The SMILES string of the molecule is CC(=O)NCC1(c2ccccc2)CCN(C2CCC(c3ccc(Br)cc3)(S(=O)(=O)c3ccc(C(F)(F)F)cc3)CC2)CC1. The molecule has 1 heterocycles. The molecule has 43 heavy (non-hydrogen) atoms. The van der Waals surface area contributed by atoms with Gasteiger partial charge in [-0.1, -0.05) is 58.4 Å². The minimum Gasteiger partial charge on any atom is -0.355 e. The fourth-order valence-corrected chi connectivity index (χ4v) is 9.35. The van der Waals surface area contributed by atoms with Crippen molar-refractivity contribution in [2.24, 2.45) is 0 Å². The molecule has 0 aromatic heterocycles. The van der Waals surface area contributed by atoms with Gasteiger partial charge in [-0.05, 0) is 99.1 Å². The van der Waals surface area contributed by atoms with Gasteiger partial charge in [-0.3, -0.25) is 4.79 Å². The van der Waals surface area contributed by atoms with Gasteiger partial charge in [0.25, 0.3) is 0 Å². The highest BCUT2D eigenvalue weighted by Crippen LogP contribution is 2.49. The van der Waals surface area contributed by atoms with E-state index in [9.17, 15) is 26.4 Å². The maximum atomic E-state index is 14.3. The van der Waals surface area contributed by atoms with Crippen LogP contribution in [0.1, 0.15) is 62.1 Å². The second-order valence-electron chi connectivity index (χ2n) is 11.8. The van der Waals surface area contributed by atoms with Crippen molar-refractivity contribution in [3.05, 3.63) is 100 Å². The highest BCUT2D eigenvalue weighted by atomic mass is 79.9. The molecule has 0 atom stereocenters. The molecule has 1 aliphatic carbocycles. The first-order valence-corrected chi connectivity index (χ1v) is 16.9. The van der Waals surface area contributed by atoms with Gasteiger partial charge in [-0.25, -0.2) is 8.42 Å². The van der Waals surface area contributed by atoms with E-state index in [0.717, 1.165) is 54.7 Å². The average Bonchev–Trinajstić information content (AvgIpc) is 3.01. The third-order valence-electron chi connectivity index (χ3n) is 9.47. The number of halogens is 4. The van der Waals surface area contributed by atoms with Crippen molar-refractivity contribution in [3.63, 3.8) is 0 Å². The summed E-state index contributed by atoms with van der Waals surface area (Å²) in [5.74, 6) is -0.0523. The maximum Gasteiger partial charge on any atom is 0.416 e. The van der Waals surface area contributed by atoms with Crippen LogP contribution in [-0.4, -0.2) is 44.9 Å². The van der Waals surface area contributed by atoms with E-state index in [0.29, 0.717) is 37.8 Å². The fourth-order valence-electron chi connectivity index (χ4n) is 6.92. The maximum absolute atomic E-state index is 14.3. The summed E-state index contributed by atoms with van der Waals surface area (Å²) >= 11 is 3.43. The van der Waals surface area contributed by atoms with Gasteiger partial charge in [-0.15, -0.1) is 0 Å². The van der Waals surface area contributed by atoms with Crippen LogP contribution in [0.2, 0.25) is 0 Å². The van der Waals surface area contributed by atoms with Crippen molar-refractivity contribution in [2.75, 3.05) is 19.6 Å². The molecule has 0 bridgehead atoms. The van der Waals surface area contributed by atoms with Gasteiger partial charge in [0.1, 0.15) is 4.75 Å². The molecular formula is C33H36BrF3N2O3S. The molecule has 0 radical (unpaired) electrons. The van der Waals surface area contributed by atoms with Crippen molar-refractivity contribution < 1.29 is 26.4 Å². The van der Waals surface area contributed by atoms with Gasteiger partial charge in [0.05, 0.1) is 10.5 Å². The summed E-state index contributed by atoms with van der Waals surface area (Å²) in [5, 5.41) is 3.04. The number of hydrogen-bond acceptors (Lipinski definition) is 4. The first-order valence-electron chi connectivity index (χ1n) is 14.6. The van der Waals surface area contributed by atoms with Gasteiger partial charge in [0.15, 0.2) is 9.84 Å². The van der Waals surface area contributed by atoms with Gasteiger partial charge in [-0.2, -0.15) is 13.2 Å². The Morgan fingerprint density at radius 3 is 2.00 bits per heavy atom. The second kappa shape index (κ2) is 12.4. The van der Waals surface area contributed by atoms with Gasteiger partial charge in [0, 0.05) is 29.4 Å². The van der Waals surface area contributed by atoms with E-state index in [1.54, 1.807) is 0 Å². The number of nitrogens with one attached hydrogen (secondary N) is 1. The average molecular weight is 678 g/mol. The monoisotopic (exact) mass is 676 g/mol. The van der Waals surface area contributed by atoms with Crippen molar-refractivity contribution in [1.29, 1.82) is 0 Å². The molecule has 1 amide bonds. The Morgan fingerprint density at radius 1 is 0.884 bits per heavy atom. The van der Waals surface area contributed by atoms with Crippen LogP contribution in [0.15, 0.2) is 88.2 Å². The van der Waals surface area contributed by atoms with Crippen LogP contribution < -0.4 is 5.32 Å². The molecule has 5 nitrogen and oxygen atoms in total. The number of hydrogen-bond donors (Lipinski definition) is 1. The lowest BCUT2D eigenvalue weighted by atomic mass is 9.71. The quantitative estimate of drug-likeness (QED) is 0.286. The summed E-state index contributed by atoms with van der Waals surface area (Å²) < 4.78 is 67.8. The minimum atomic E-state index is -4.54. The predicted molar refractivity (Wildman–Crippen MR) is 164 cm³/mol. The molecule has 0 unspecified atom stereocenters. The topological polar surface area (TPSA) is 66.5 Å². The molecule has 5 rings (SSSR count). The van der Waals surface area contributed by atoms with Gasteiger partial charge < -0.3 is 10.2 Å². The lowest BCUT2D eigenvalue weighted by Gasteiger charge is -2.48. The van der Waals surface area contributed by atoms with Crippen molar-refractivity contribution in [3.8, 4) is 0 Å². The van der Waals surface area contributed by atoms with Gasteiger partial charge >= 0.3 is 6.18 Å². The molecular weight excluding hydrogens is 641 g/mol. The number of likely N-dealkylation sites (tertiary alicyclic amines) is 1. The minimum absolute atomic E-state index is 0.0523. The number of carbonyl (C=O) groups is 1. The number of alkyl halides is 3.